The van der Waals surface area contributed by atoms with Gasteiger partial charge in [-0.05, 0) is 51.0 Å². The highest BCUT2D eigenvalue weighted by Crippen LogP contribution is 2.37. The van der Waals surface area contributed by atoms with Crippen LogP contribution >= 0.6 is 7.60 Å². The summed E-state index contributed by atoms with van der Waals surface area (Å²) in [5, 5.41) is 36.1. The van der Waals surface area contributed by atoms with E-state index >= 15 is 0 Å². The average molecular weight is 462 g/mol. The zero-order chi connectivity index (χ0) is 23.3. The Kier molecular flexibility index (Phi) is 8.84. The van der Waals surface area contributed by atoms with Gasteiger partial charge in [-0.2, -0.15) is 0 Å². The van der Waals surface area contributed by atoms with Crippen LogP contribution in [0.2, 0.25) is 0 Å². The number of nitrogens with one attached hydrogen (secondary N) is 2. The number of benzene rings is 1. The summed E-state index contributed by atoms with van der Waals surface area (Å²) in [6, 6.07) is 4.93. The molecule has 1 aromatic rings. The van der Waals surface area contributed by atoms with E-state index in [1.165, 1.54) is 0 Å². The Bertz CT molecular complexity index is 801. The van der Waals surface area contributed by atoms with Crippen LogP contribution in [0.1, 0.15) is 25.8 Å². The first-order valence-electron chi connectivity index (χ1n) is 9.92. The molecule has 0 unspecified atom stereocenters. The molecule has 1 aliphatic rings. The fourth-order valence-corrected chi connectivity index (χ4v) is 3.73. The fourth-order valence-electron chi connectivity index (χ4n) is 3.14. The number of anilines is 1. The Hall–Kier alpha value is -1.72. The number of hydrogen-bond donors (Lipinski definition) is 7. The van der Waals surface area contributed by atoms with Crippen LogP contribution in [0.4, 0.5) is 5.69 Å². The van der Waals surface area contributed by atoms with Crippen LogP contribution < -0.4 is 15.4 Å². The predicted octanol–water partition coefficient (Wildman–Crippen LogP) is -0.314. The van der Waals surface area contributed by atoms with Crippen LogP contribution in [0.3, 0.4) is 0 Å². The first-order chi connectivity index (χ1) is 14.4. The van der Waals surface area contributed by atoms with Crippen LogP contribution in [0.5, 0.6) is 5.75 Å². The van der Waals surface area contributed by atoms with Gasteiger partial charge < -0.3 is 45.2 Å². The third-order valence-corrected chi connectivity index (χ3v) is 5.55. The van der Waals surface area contributed by atoms with Crippen LogP contribution in [-0.2, 0) is 14.1 Å². The number of rotatable bonds is 9. The number of hydrogen-bond acceptors (Lipinski definition) is 8. The molecule has 0 aliphatic carbocycles. The highest BCUT2D eigenvalue weighted by Gasteiger charge is 2.45. The molecule has 5 atom stereocenters. The van der Waals surface area contributed by atoms with Crippen LogP contribution in [-0.4, -0.2) is 80.5 Å². The molecule has 7 N–H and O–H groups in total. The second-order valence-electron chi connectivity index (χ2n) is 7.86. The molecule has 0 radical (unpaired) electrons. The van der Waals surface area contributed by atoms with Crippen LogP contribution in [0.25, 0.3) is 0 Å². The second-order valence-corrected chi connectivity index (χ2v) is 9.64. The zero-order valence-electron chi connectivity index (χ0n) is 17.6. The number of aliphatic hydroxyl groups excluding tert-OH is 3. The van der Waals surface area contributed by atoms with Gasteiger partial charge in [0.2, 0.25) is 12.2 Å². The van der Waals surface area contributed by atoms with E-state index in [1.807, 2.05) is 13.8 Å². The van der Waals surface area contributed by atoms with Crippen molar-refractivity contribution in [1.29, 1.82) is 0 Å². The maximum atomic E-state index is 11.8. The third kappa shape index (κ3) is 7.73. The van der Waals surface area contributed by atoms with E-state index in [-0.39, 0.29) is 24.9 Å². The van der Waals surface area contributed by atoms with E-state index in [9.17, 15) is 24.7 Å². The van der Waals surface area contributed by atoms with Gasteiger partial charge in [-0.15, -0.1) is 0 Å². The van der Waals surface area contributed by atoms with Crippen molar-refractivity contribution < 1.29 is 43.9 Å². The summed E-state index contributed by atoms with van der Waals surface area (Å²) < 4.78 is 22.2. The molecule has 31 heavy (non-hydrogen) atoms. The predicted molar refractivity (Wildman–Crippen MR) is 112 cm³/mol. The van der Waals surface area contributed by atoms with Crippen LogP contribution in [0, 0.1) is 6.92 Å². The van der Waals surface area contributed by atoms with Gasteiger partial charge in [-0.25, -0.2) is 0 Å². The summed E-state index contributed by atoms with van der Waals surface area (Å²) >= 11 is 0. The van der Waals surface area contributed by atoms with E-state index in [2.05, 4.69) is 10.6 Å². The lowest BCUT2D eigenvalue weighted by Gasteiger charge is -2.40. The van der Waals surface area contributed by atoms with Gasteiger partial charge in [-0.1, -0.05) is 0 Å². The summed E-state index contributed by atoms with van der Waals surface area (Å²) in [6.45, 7) is 5.61. The number of aliphatic hydroxyl groups is 3. The maximum absolute atomic E-state index is 11.8. The smallest absolute Gasteiger partial charge is 0.325 e. The molecule has 1 aromatic carbocycles. The molecule has 2 rings (SSSR count). The number of aryl methyl sites for hydroxylation is 1. The molecule has 1 amide bonds. The molecule has 176 valence electrons. The Balaban J connectivity index is 2.02. The standard InChI is InChI=1S/C19H31N2O9P/c1-10(2)21-15(22)9-20-13-5-4-12(8-11(13)3)29-19-18(25)17(24)16(23)14(30-19)6-7-31(26,27)28/h4-5,8,10,14,16-20,23-25H,6-7,9H2,1-3H3,(H,21,22)(H2,26,27,28)/t14-,16-,17+,18+,19+/m1/s1. The molecule has 0 spiro atoms. The monoisotopic (exact) mass is 462 g/mol. The molecule has 0 aromatic heterocycles. The van der Waals surface area contributed by atoms with Gasteiger partial charge in [0, 0.05) is 11.7 Å². The lowest BCUT2D eigenvalue weighted by molar-refractivity contribution is -0.272. The van der Waals surface area contributed by atoms with Gasteiger partial charge >= 0.3 is 7.60 Å². The second kappa shape index (κ2) is 10.7. The minimum atomic E-state index is -4.33. The van der Waals surface area contributed by atoms with Crippen molar-refractivity contribution in [1.82, 2.24) is 5.32 Å². The number of amides is 1. The first kappa shape index (κ1) is 25.5. The van der Waals surface area contributed by atoms with E-state index in [1.54, 1.807) is 25.1 Å². The minimum Gasteiger partial charge on any atom is -0.462 e. The van der Waals surface area contributed by atoms with Gasteiger partial charge in [0.05, 0.1) is 18.8 Å². The molecule has 1 heterocycles. The Labute approximate surface area is 180 Å². The highest BCUT2D eigenvalue weighted by atomic mass is 31.2. The van der Waals surface area contributed by atoms with Crippen molar-refractivity contribution in [3.63, 3.8) is 0 Å². The number of carbonyl (C=O) groups excluding carboxylic acids is 1. The van der Waals surface area contributed by atoms with Crippen LogP contribution in [0.15, 0.2) is 18.2 Å². The van der Waals surface area contributed by atoms with Crippen molar-refractivity contribution in [3.05, 3.63) is 23.8 Å². The Morgan fingerprint density at radius 2 is 1.87 bits per heavy atom. The molecular formula is C19H31N2O9P. The summed E-state index contributed by atoms with van der Waals surface area (Å²) in [7, 11) is -4.33. The van der Waals surface area contributed by atoms with Gasteiger partial charge in [0.15, 0.2) is 0 Å². The topological polar surface area (TPSA) is 178 Å². The summed E-state index contributed by atoms with van der Waals surface area (Å²) in [6.07, 6.45) is -7.95. The molecule has 11 nitrogen and oxygen atoms in total. The highest BCUT2D eigenvalue weighted by molar-refractivity contribution is 7.51. The molecule has 1 saturated heterocycles. The Morgan fingerprint density at radius 3 is 2.45 bits per heavy atom. The van der Waals surface area contributed by atoms with Crippen molar-refractivity contribution in [2.24, 2.45) is 0 Å². The molecule has 0 bridgehead atoms. The molecular weight excluding hydrogens is 431 g/mol. The first-order valence-corrected chi connectivity index (χ1v) is 11.7. The fraction of sp³-hybridized carbons (Fsp3) is 0.632. The van der Waals surface area contributed by atoms with Gasteiger partial charge in [0.25, 0.3) is 0 Å². The zero-order valence-corrected chi connectivity index (χ0v) is 18.5. The Morgan fingerprint density at radius 1 is 1.19 bits per heavy atom. The SMILES string of the molecule is Cc1cc(O[C@H]2O[C@H](CCP(=O)(O)O)[C@@H](O)[C@H](O)[C@@H]2O)ccc1NCC(=O)NC(C)C. The van der Waals surface area contributed by atoms with Crippen molar-refractivity contribution >= 4 is 19.2 Å². The quantitative estimate of drug-likeness (QED) is 0.241. The lowest BCUT2D eigenvalue weighted by atomic mass is 9.97. The summed E-state index contributed by atoms with van der Waals surface area (Å²) in [5.74, 6) is 0.151. The van der Waals surface area contributed by atoms with E-state index in [4.69, 9.17) is 19.3 Å². The molecule has 1 fully saturated rings. The maximum Gasteiger partial charge on any atom is 0.325 e. The van der Waals surface area contributed by atoms with Crippen molar-refractivity contribution in [2.45, 2.75) is 63.9 Å². The largest absolute Gasteiger partial charge is 0.462 e. The number of carbonyl (C=O) groups is 1. The lowest BCUT2D eigenvalue weighted by Crippen LogP contribution is -2.59. The molecule has 1 aliphatic heterocycles. The van der Waals surface area contributed by atoms with Crippen molar-refractivity contribution in [3.8, 4) is 5.75 Å². The van der Waals surface area contributed by atoms with Crippen molar-refractivity contribution in [2.75, 3.05) is 18.0 Å². The molecule has 0 saturated carbocycles. The van der Waals surface area contributed by atoms with Gasteiger partial charge in [0.1, 0.15) is 24.1 Å². The molecule has 12 heteroatoms. The third-order valence-electron chi connectivity index (χ3n) is 4.71. The minimum absolute atomic E-state index is 0.0347. The average Bonchev–Trinajstić information content (AvgIpc) is 2.65. The van der Waals surface area contributed by atoms with E-state index < -0.39 is 44.5 Å². The summed E-state index contributed by atoms with van der Waals surface area (Å²) in [4.78, 5) is 29.8. The van der Waals surface area contributed by atoms with E-state index in [0.29, 0.717) is 11.4 Å². The normalized spacial score (nSPS) is 26.5. The van der Waals surface area contributed by atoms with Gasteiger partial charge in [-0.3, -0.25) is 9.36 Å². The number of ether oxygens (including phenoxy) is 2. The summed E-state index contributed by atoms with van der Waals surface area (Å²) in [5.41, 5.74) is 1.45. The van der Waals surface area contributed by atoms with E-state index in [0.717, 1.165) is 5.56 Å².